The number of hydrogen-bond donors (Lipinski definition) is 1. The van der Waals surface area contributed by atoms with E-state index in [0.717, 1.165) is 51.2 Å². The highest BCUT2D eigenvalue weighted by molar-refractivity contribution is 5.50. The lowest BCUT2D eigenvalue weighted by atomic mass is 9.67. The second-order valence-corrected chi connectivity index (χ2v) is 10.5. The van der Waals surface area contributed by atoms with Gasteiger partial charge in [-0.2, -0.15) is 0 Å². The second kappa shape index (κ2) is 17.0. The third-order valence-corrected chi connectivity index (χ3v) is 7.37. The van der Waals surface area contributed by atoms with Crippen LogP contribution in [0.2, 0.25) is 0 Å². The fourth-order valence-corrected chi connectivity index (χ4v) is 4.11. The highest BCUT2D eigenvalue weighted by Crippen LogP contribution is 2.43. The van der Waals surface area contributed by atoms with E-state index >= 15 is 0 Å². The van der Waals surface area contributed by atoms with Gasteiger partial charge in [-0.25, -0.2) is 0 Å². The van der Waals surface area contributed by atoms with E-state index in [1.807, 2.05) is 103 Å². The molecule has 1 aliphatic rings. The number of para-hydroxylation sites is 1. The summed E-state index contributed by atoms with van der Waals surface area (Å²) in [5.74, 6) is 0.158. The standard InChI is InChI=1S/C41H45N/c1-32-22-12-11-21-31-41(9,37(6)27-19-17-24-34(32)3)39(8)36(5)26-16-15-23-33(2)35(4)25-18-20-28-38(7)42-40-29-13-10-14-30-40/h10-30,39,42H,1-7,31H2,8-9H3/b21-11-,22-12-,23-15-,24-17-,25-18-,26-16-,27-19-,28-20-. The molecular formula is C41H45N. The highest BCUT2D eigenvalue weighted by atomic mass is 14.9. The number of allylic oxidation sites excluding steroid dienone is 22. The maximum atomic E-state index is 4.42. The molecule has 0 heterocycles. The molecule has 1 aromatic rings. The third kappa shape index (κ3) is 10.9. The maximum Gasteiger partial charge on any atom is 0.0384 e. The van der Waals surface area contributed by atoms with Crippen molar-refractivity contribution in [1.82, 2.24) is 0 Å². The Morgan fingerprint density at radius 1 is 0.738 bits per heavy atom. The van der Waals surface area contributed by atoms with Crippen LogP contribution in [0.5, 0.6) is 0 Å². The molecule has 0 fully saturated rings. The van der Waals surface area contributed by atoms with E-state index in [2.05, 4.69) is 89.5 Å². The summed E-state index contributed by atoms with van der Waals surface area (Å²) in [5, 5.41) is 3.25. The monoisotopic (exact) mass is 551 g/mol. The fraction of sp³-hybridized carbons (Fsp3) is 0.122. The molecule has 2 rings (SSSR count). The average molecular weight is 552 g/mol. The number of hydrogen-bond acceptors (Lipinski definition) is 1. The Balaban J connectivity index is 1.98. The Kier molecular flexibility index (Phi) is 13.5. The van der Waals surface area contributed by atoms with E-state index in [1.54, 1.807) is 0 Å². The van der Waals surface area contributed by atoms with Crippen LogP contribution in [0, 0.1) is 11.3 Å². The van der Waals surface area contributed by atoms with Gasteiger partial charge in [-0.15, -0.1) is 0 Å². The van der Waals surface area contributed by atoms with Gasteiger partial charge in [0.2, 0.25) is 0 Å². The first-order valence-corrected chi connectivity index (χ1v) is 14.1. The van der Waals surface area contributed by atoms with Crippen LogP contribution in [-0.4, -0.2) is 0 Å². The van der Waals surface area contributed by atoms with E-state index in [1.165, 1.54) is 0 Å². The van der Waals surface area contributed by atoms with Crippen LogP contribution in [0.25, 0.3) is 0 Å². The van der Waals surface area contributed by atoms with Crippen LogP contribution in [-0.2, 0) is 0 Å². The molecule has 0 saturated carbocycles. The SMILES string of the molecule is C=C(/C=C\C=C/C(=C)C(=C)/C=C\C=C/C(=C)C(C)C1(C)C/C=C\C=C/C(=C)C(=C)/C=C\C=C/C1=C)Nc1ccccc1. The zero-order valence-electron chi connectivity index (χ0n) is 25.4. The summed E-state index contributed by atoms with van der Waals surface area (Å²) in [6, 6.07) is 9.94. The predicted octanol–water partition coefficient (Wildman–Crippen LogP) is 11.4. The molecule has 0 bridgehead atoms. The van der Waals surface area contributed by atoms with Crippen LogP contribution in [0.4, 0.5) is 5.69 Å². The molecule has 0 amide bonds. The molecule has 42 heavy (non-hydrogen) atoms. The zero-order valence-corrected chi connectivity index (χ0v) is 25.4. The predicted molar refractivity (Wildman–Crippen MR) is 189 cm³/mol. The first-order chi connectivity index (χ1) is 20.0. The van der Waals surface area contributed by atoms with Gasteiger partial charge in [0.1, 0.15) is 0 Å². The molecule has 2 atom stereocenters. The molecule has 0 aromatic heterocycles. The van der Waals surface area contributed by atoms with Gasteiger partial charge in [-0.05, 0) is 58.4 Å². The van der Waals surface area contributed by atoms with Crippen LogP contribution in [0.3, 0.4) is 0 Å². The number of benzene rings is 1. The summed E-state index contributed by atoms with van der Waals surface area (Å²) < 4.78 is 0. The van der Waals surface area contributed by atoms with Crippen molar-refractivity contribution in [1.29, 1.82) is 0 Å². The topological polar surface area (TPSA) is 12.0 Å². The average Bonchev–Trinajstić information content (AvgIpc) is 2.99. The summed E-state index contributed by atoms with van der Waals surface area (Å²) in [6.07, 6.45) is 32.8. The minimum Gasteiger partial charge on any atom is -0.356 e. The Labute approximate surface area is 254 Å². The molecular weight excluding hydrogens is 506 g/mol. The summed E-state index contributed by atoms with van der Waals surface area (Å²) in [4.78, 5) is 0. The minimum atomic E-state index is -0.208. The largest absolute Gasteiger partial charge is 0.356 e. The lowest BCUT2D eigenvalue weighted by Crippen LogP contribution is -2.27. The van der Waals surface area contributed by atoms with E-state index in [-0.39, 0.29) is 11.3 Å². The fourth-order valence-electron chi connectivity index (χ4n) is 4.11. The van der Waals surface area contributed by atoms with Crippen LogP contribution < -0.4 is 5.32 Å². The number of anilines is 1. The van der Waals surface area contributed by atoms with Gasteiger partial charge in [0.25, 0.3) is 0 Å². The van der Waals surface area contributed by atoms with Crippen molar-refractivity contribution >= 4 is 5.69 Å². The van der Waals surface area contributed by atoms with Crippen molar-refractivity contribution < 1.29 is 0 Å². The van der Waals surface area contributed by atoms with Gasteiger partial charge in [-0.1, -0.05) is 175 Å². The van der Waals surface area contributed by atoms with Gasteiger partial charge in [0, 0.05) is 16.8 Å². The third-order valence-electron chi connectivity index (χ3n) is 7.37. The molecule has 1 aliphatic carbocycles. The quantitative estimate of drug-likeness (QED) is 0.270. The molecule has 1 heteroatoms. The van der Waals surface area contributed by atoms with Crippen molar-refractivity contribution in [3.05, 3.63) is 213 Å². The van der Waals surface area contributed by atoms with Crippen molar-refractivity contribution in [2.45, 2.75) is 20.3 Å². The smallest absolute Gasteiger partial charge is 0.0384 e. The summed E-state index contributed by atoms with van der Waals surface area (Å²) in [7, 11) is 0. The second-order valence-electron chi connectivity index (χ2n) is 10.5. The van der Waals surface area contributed by atoms with Crippen molar-refractivity contribution in [3.8, 4) is 0 Å². The van der Waals surface area contributed by atoms with E-state index in [0.29, 0.717) is 0 Å². The molecule has 0 radical (unpaired) electrons. The van der Waals surface area contributed by atoms with Crippen molar-refractivity contribution in [2.24, 2.45) is 11.3 Å². The van der Waals surface area contributed by atoms with Crippen LogP contribution >= 0.6 is 0 Å². The molecule has 0 saturated heterocycles. The first-order valence-electron chi connectivity index (χ1n) is 14.1. The van der Waals surface area contributed by atoms with Gasteiger partial charge in [0.15, 0.2) is 0 Å². The molecule has 2 unspecified atom stereocenters. The Morgan fingerprint density at radius 3 is 1.88 bits per heavy atom. The first kappa shape index (κ1) is 33.3. The lowest BCUT2D eigenvalue weighted by molar-refractivity contribution is 0.308. The Bertz CT molecular complexity index is 1440. The van der Waals surface area contributed by atoms with Gasteiger partial charge >= 0.3 is 0 Å². The molecule has 214 valence electrons. The Hall–Kier alpha value is -4.88. The van der Waals surface area contributed by atoms with Gasteiger partial charge in [0.05, 0.1) is 0 Å². The lowest BCUT2D eigenvalue weighted by Gasteiger charge is -2.36. The van der Waals surface area contributed by atoms with Gasteiger partial charge in [-0.3, -0.25) is 0 Å². The van der Waals surface area contributed by atoms with E-state index < -0.39 is 0 Å². The van der Waals surface area contributed by atoms with E-state index in [9.17, 15) is 0 Å². The molecule has 0 spiro atoms. The summed E-state index contributed by atoms with van der Waals surface area (Å²) in [6.45, 7) is 33.7. The van der Waals surface area contributed by atoms with Crippen LogP contribution in [0.15, 0.2) is 213 Å². The normalized spacial score (nSPS) is 21.9. The molecule has 1 nitrogen and oxygen atoms in total. The summed E-state index contributed by atoms with van der Waals surface area (Å²) >= 11 is 0. The zero-order chi connectivity index (χ0) is 31.0. The molecule has 1 aromatic carbocycles. The Morgan fingerprint density at radius 2 is 1.26 bits per heavy atom. The summed E-state index contributed by atoms with van der Waals surface area (Å²) in [5.41, 5.74) is 7.12. The minimum absolute atomic E-state index is 0.158. The van der Waals surface area contributed by atoms with Gasteiger partial charge < -0.3 is 5.32 Å². The van der Waals surface area contributed by atoms with Crippen LogP contribution in [0.1, 0.15) is 20.3 Å². The number of rotatable bonds is 11. The highest BCUT2D eigenvalue weighted by Gasteiger charge is 2.32. The van der Waals surface area contributed by atoms with Crippen molar-refractivity contribution in [3.63, 3.8) is 0 Å². The molecule has 1 N–H and O–H groups in total. The number of nitrogens with one attached hydrogen (secondary N) is 1. The van der Waals surface area contributed by atoms with E-state index in [4.69, 9.17) is 0 Å². The molecule has 0 aliphatic heterocycles. The maximum absolute atomic E-state index is 4.42. The van der Waals surface area contributed by atoms with Crippen molar-refractivity contribution in [2.75, 3.05) is 5.32 Å².